The first kappa shape index (κ1) is 11.0. The lowest BCUT2D eigenvalue weighted by Gasteiger charge is -2.07. The van der Waals surface area contributed by atoms with Gasteiger partial charge in [-0.15, -0.1) is 0 Å². The number of hydrogen-bond donors (Lipinski definition) is 1. The van der Waals surface area contributed by atoms with Gasteiger partial charge in [0.25, 0.3) is 0 Å². The third-order valence-corrected chi connectivity index (χ3v) is 2.95. The van der Waals surface area contributed by atoms with Crippen LogP contribution in [0.4, 0.5) is 5.69 Å². The molecule has 16 heavy (non-hydrogen) atoms. The molecule has 82 valence electrons. The van der Waals surface area contributed by atoms with Gasteiger partial charge in [0.05, 0.1) is 10.7 Å². The fraction of sp³-hybridized carbons (Fsp3) is 0.143. The lowest BCUT2D eigenvalue weighted by Crippen LogP contribution is -1.96. The van der Waals surface area contributed by atoms with E-state index in [0.29, 0.717) is 10.7 Å². The first-order valence-corrected chi connectivity index (χ1v) is 5.63. The van der Waals surface area contributed by atoms with Gasteiger partial charge in [0.2, 0.25) is 0 Å². The summed E-state index contributed by atoms with van der Waals surface area (Å²) in [5, 5.41) is 0.630. The molecule has 0 radical (unpaired) electrons. The smallest absolute Gasteiger partial charge is 0.0638 e. The maximum Gasteiger partial charge on any atom is 0.0638 e. The van der Waals surface area contributed by atoms with Gasteiger partial charge >= 0.3 is 0 Å². The molecule has 0 aliphatic rings. The lowest BCUT2D eigenvalue weighted by molar-refractivity contribution is 1.19. The summed E-state index contributed by atoms with van der Waals surface area (Å²) in [5.74, 6) is 0. The third-order valence-electron chi connectivity index (χ3n) is 2.62. The summed E-state index contributed by atoms with van der Waals surface area (Å²) in [4.78, 5) is 0. The van der Waals surface area contributed by atoms with Gasteiger partial charge in [-0.2, -0.15) is 0 Å². The zero-order valence-electron chi connectivity index (χ0n) is 9.20. The molecule has 0 heterocycles. The Labute approximate surface area is 101 Å². The second-order valence-corrected chi connectivity index (χ2v) is 4.39. The molecule has 0 aliphatic carbocycles. The normalized spacial score (nSPS) is 10.4. The van der Waals surface area contributed by atoms with E-state index in [1.54, 1.807) is 0 Å². The highest BCUT2D eigenvalue weighted by Crippen LogP contribution is 2.24. The molecule has 2 aromatic rings. The molecule has 2 rings (SSSR count). The Morgan fingerprint density at radius 3 is 2.62 bits per heavy atom. The minimum Gasteiger partial charge on any atom is -0.397 e. The zero-order valence-corrected chi connectivity index (χ0v) is 9.96. The number of anilines is 1. The quantitative estimate of drug-likeness (QED) is 0.782. The van der Waals surface area contributed by atoms with Gasteiger partial charge in [-0.1, -0.05) is 53.6 Å². The van der Waals surface area contributed by atoms with E-state index in [4.69, 9.17) is 17.3 Å². The van der Waals surface area contributed by atoms with Crippen LogP contribution in [0, 0.1) is 6.92 Å². The van der Waals surface area contributed by atoms with Crippen molar-refractivity contribution in [2.45, 2.75) is 13.3 Å². The molecule has 0 aliphatic heterocycles. The van der Waals surface area contributed by atoms with Crippen LogP contribution in [-0.2, 0) is 6.42 Å². The van der Waals surface area contributed by atoms with E-state index in [-0.39, 0.29) is 0 Å². The highest BCUT2D eigenvalue weighted by atomic mass is 35.5. The zero-order chi connectivity index (χ0) is 11.5. The minimum atomic E-state index is 0.630. The molecule has 1 nitrogen and oxygen atoms in total. The highest BCUT2D eigenvalue weighted by molar-refractivity contribution is 6.33. The summed E-state index contributed by atoms with van der Waals surface area (Å²) in [6.45, 7) is 2.09. The molecule has 0 bridgehead atoms. The molecule has 0 spiro atoms. The molecule has 2 N–H and O–H groups in total. The fourth-order valence-electron chi connectivity index (χ4n) is 1.78. The van der Waals surface area contributed by atoms with Gasteiger partial charge in [0.15, 0.2) is 0 Å². The molecule has 0 saturated carbocycles. The molecular weight excluding hydrogens is 218 g/mol. The van der Waals surface area contributed by atoms with E-state index in [1.807, 2.05) is 18.2 Å². The SMILES string of the molecule is Cc1cccc(Cc2cccc(Cl)c2N)c1. The van der Waals surface area contributed by atoms with Crippen molar-refractivity contribution in [2.75, 3.05) is 5.73 Å². The summed E-state index contributed by atoms with van der Waals surface area (Å²) in [7, 11) is 0. The lowest BCUT2D eigenvalue weighted by atomic mass is 10.0. The summed E-state index contributed by atoms with van der Waals surface area (Å²) in [6, 6.07) is 14.2. The number of para-hydroxylation sites is 1. The van der Waals surface area contributed by atoms with Crippen molar-refractivity contribution in [3.05, 3.63) is 64.2 Å². The van der Waals surface area contributed by atoms with Crippen LogP contribution >= 0.6 is 11.6 Å². The van der Waals surface area contributed by atoms with E-state index >= 15 is 0 Å². The van der Waals surface area contributed by atoms with Crippen LogP contribution in [0.2, 0.25) is 5.02 Å². The highest BCUT2D eigenvalue weighted by Gasteiger charge is 2.03. The van der Waals surface area contributed by atoms with Crippen molar-refractivity contribution in [2.24, 2.45) is 0 Å². The largest absolute Gasteiger partial charge is 0.397 e. The average Bonchev–Trinajstić information content (AvgIpc) is 2.25. The number of benzene rings is 2. The Hall–Kier alpha value is -1.47. The molecule has 0 unspecified atom stereocenters. The van der Waals surface area contributed by atoms with Crippen LogP contribution in [0.25, 0.3) is 0 Å². The summed E-state index contributed by atoms with van der Waals surface area (Å²) in [5.41, 5.74) is 10.2. The molecule has 0 saturated heterocycles. The minimum absolute atomic E-state index is 0.630. The van der Waals surface area contributed by atoms with Gasteiger partial charge < -0.3 is 5.73 Å². The number of hydrogen-bond acceptors (Lipinski definition) is 1. The Bertz CT molecular complexity index is 506. The van der Waals surface area contributed by atoms with Gasteiger partial charge in [0, 0.05) is 0 Å². The number of aryl methyl sites for hydroxylation is 1. The van der Waals surface area contributed by atoms with Crippen LogP contribution in [0.15, 0.2) is 42.5 Å². The Kier molecular flexibility index (Phi) is 3.16. The first-order chi connectivity index (χ1) is 7.66. The topological polar surface area (TPSA) is 26.0 Å². The molecular formula is C14H14ClN. The van der Waals surface area contributed by atoms with Crippen molar-refractivity contribution in [1.29, 1.82) is 0 Å². The van der Waals surface area contributed by atoms with Crippen molar-refractivity contribution in [3.8, 4) is 0 Å². The van der Waals surface area contributed by atoms with Crippen LogP contribution in [0.3, 0.4) is 0 Å². The Balaban J connectivity index is 2.31. The van der Waals surface area contributed by atoms with E-state index in [2.05, 4.69) is 31.2 Å². The van der Waals surface area contributed by atoms with Crippen molar-refractivity contribution >= 4 is 17.3 Å². The standard InChI is InChI=1S/C14H14ClN/c1-10-4-2-5-11(8-10)9-12-6-3-7-13(15)14(12)16/h2-8H,9,16H2,1H3. The first-order valence-electron chi connectivity index (χ1n) is 5.25. The fourth-order valence-corrected chi connectivity index (χ4v) is 1.97. The second kappa shape index (κ2) is 4.58. The van der Waals surface area contributed by atoms with Gasteiger partial charge in [-0.25, -0.2) is 0 Å². The maximum atomic E-state index is 5.99. The van der Waals surface area contributed by atoms with E-state index < -0.39 is 0 Å². The summed E-state index contributed by atoms with van der Waals surface area (Å²) in [6.07, 6.45) is 0.827. The monoisotopic (exact) mass is 231 g/mol. The third kappa shape index (κ3) is 2.37. The van der Waals surface area contributed by atoms with Gasteiger partial charge in [-0.3, -0.25) is 0 Å². The number of nitrogen functional groups attached to an aromatic ring is 1. The second-order valence-electron chi connectivity index (χ2n) is 3.98. The molecule has 0 atom stereocenters. The molecule has 0 amide bonds. The molecule has 2 aromatic carbocycles. The Morgan fingerprint density at radius 2 is 1.88 bits per heavy atom. The number of rotatable bonds is 2. The molecule has 2 heteroatoms. The van der Waals surface area contributed by atoms with Crippen LogP contribution in [-0.4, -0.2) is 0 Å². The van der Waals surface area contributed by atoms with Crippen molar-refractivity contribution in [1.82, 2.24) is 0 Å². The van der Waals surface area contributed by atoms with Crippen LogP contribution in [0.5, 0.6) is 0 Å². The van der Waals surface area contributed by atoms with Crippen molar-refractivity contribution in [3.63, 3.8) is 0 Å². The summed E-state index contributed by atoms with van der Waals surface area (Å²) < 4.78 is 0. The molecule has 0 aromatic heterocycles. The molecule has 0 fully saturated rings. The van der Waals surface area contributed by atoms with Crippen molar-refractivity contribution < 1.29 is 0 Å². The maximum absolute atomic E-state index is 5.99. The predicted molar refractivity (Wildman–Crippen MR) is 69.8 cm³/mol. The average molecular weight is 232 g/mol. The number of nitrogens with two attached hydrogens (primary N) is 1. The predicted octanol–water partition coefficient (Wildman–Crippen LogP) is 3.82. The van der Waals surface area contributed by atoms with E-state index in [9.17, 15) is 0 Å². The van der Waals surface area contributed by atoms with E-state index in [0.717, 1.165) is 12.0 Å². The number of halogens is 1. The van der Waals surface area contributed by atoms with Crippen LogP contribution in [0.1, 0.15) is 16.7 Å². The van der Waals surface area contributed by atoms with Gasteiger partial charge in [0.1, 0.15) is 0 Å². The van der Waals surface area contributed by atoms with Crippen LogP contribution < -0.4 is 5.73 Å². The van der Waals surface area contributed by atoms with E-state index in [1.165, 1.54) is 11.1 Å². The van der Waals surface area contributed by atoms with Gasteiger partial charge in [-0.05, 0) is 30.5 Å². The Morgan fingerprint density at radius 1 is 1.12 bits per heavy atom. The summed E-state index contributed by atoms with van der Waals surface area (Å²) >= 11 is 5.99.